The van der Waals surface area contributed by atoms with Crippen molar-refractivity contribution < 1.29 is 4.79 Å². The number of nitrogens with zero attached hydrogens (tertiary/aromatic N) is 1. The number of carbonyl (C=O) groups excluding carboxylic acids is 1. The van der Waals surface area contributed by atoms with Gasteiger partial charge in [0.15, 0.2) is 5.16 Å². The van der Waals surface area contributed by atoms with Crippen LogP contribution in [0, 0.1) is 0 Å². The minimum absolute atomic E-state index is 0.0767. The van der Waals surface area contributed by atoms with Gasteiger partial charge in [0, 0.05) is 16.4 Å². The second-order valence-corrected chi connectivity index (χ2v) is 9.26. The molecule has 2 aromatic heterocycles. The maximum atomic E-state index is 12.5. The van der Waals surface area contributed by atoms with Crippen LogP contribution in [0.3, 0.4) is 0 Å². The molecule has 3 aromatic rings. The SMILES string of the molecule is O=C(CSc1nc2sc3c(c2c(=O)[nH]1)CCCC3)NCCc1ccc(Cl)cc1. The lowest BCUT2D eigenvalue weighted by atomic mass is 9.97. The fraction of sp³-hybridized carbons (Fsp3) is 0.350. The molecule has 4 rings (SSSR count). The zero-order valence-corrected chi connectivity index (χ0v) is 17.6. The maximum absolute atomic E-state index is 12.5. The van der Waals surface area contributed by atoms with E-state index >= 15 is 0 Å². The Balaban J connectivity index is 1.34. The van der Waals surface area contributed by atoms with Crippen LogP contribution in [0.5, 0.6) is 0 Å². The normalized spacial score (nSPS) is 13.5. The summed E-state index contributed by atoms with van der Waals surface area (Å²) in [5, 5.41) is 4.85. The number of halogens is 1. The van der Waals surface area contributed by atoms with E-state index in [0.717, 1.165) is 41.5 Å². The maximum Gasteiger partial charge on any atom is 0.260 e. The molecule has 0 saturated carbocycles. The monoisotopic (exact) mass is 433 g/mol. The number of thioether (sulfide) groups is 1. The van der Waals surface area contributed by atoms with Gasteiger partial charge in [-0.05, 0) is 55.4 Å². The molecule has 0 atom stereocenters. The van der Waals surface area contributed by atoms with Crippen molar-refractivity contribution in [3.05, 3.63) is 55.6 Å². The van der Waals surface area contributed by atoms with Crippen LogP contribution in [0.15, 0.2) is 34.2 Å². The van der Waals surface area contributed by atoms with Crippen molar-refractivity contribution in [1.29, 1.82) is 0 Å². The van der Waals surface area contributed by atoms with Crippen molar-refractivity contribution in [1.82, 2.24) is 15.3 Å². The Morgan fingerprint density at radius 2 is 2.04 bits per heavy atom. The Morgan fingerprint density at radius 3 is 2.86 bits per heavy atom. The molecule has 8 heteroatoms. The molecule has 1 amide bonds. The second kappa shape index (κ2) is 8.68. The molecular weight excluding hydrogens is 414 g/mol. The summed E-state index contributed by atoms with van der Waals surface area (Å²) in [7, 11) is 0. The Labute approximate surface area is 175 Å². The molecule has 5 nitrogen and oxygen atoms in total. The number of rotatable bonds is 6. The molecule has 0 saturated heterocycles. The number of thiophene rings is 1. The lowest BCUT2D eigenvalue weighted by Gasteiger charge is -2.09. The molecule has 2 heterocycles. The molecular formula is C20H20ClN3O2S2. The van der Waals surface area contributed by atoms with Gasteiger partial charge in [0.2, 0.25) is 5.91 Å². The number of hydrogen-bond acceptors (Lipinski definition) is 5. The van der Waals surface area contributed by atoms with Gasteiger partial charge in [-0.1, -0.05) is 35.5 Å². The van der Waals surface area contributed by atoms with E-state index in [1.807, 2.05) is 24.3 Å². The van der Waals surface area contributed by atoms with E-state index in [0.29, 0.717) is 16.7 Å². The highest BCUT2D eigenvalue weighted by molar-refractivity contribution is 7.99. The smallest absolute Gasteiger partial charge is 0.260 e. The zero-order valence-electron chi connectivity index (χ0n) is 15.2. The molecule has 0 unspecified atom stereocenters. The van der Waals surface area contributed by atoms with Crippen molar-refractivity contribution in [3.8, 4) is 0 Å². The van der Waals surface area contributed by atoms with Crippen molar-refractivity contribution in [3.63, 3.8) is 0 Å². The molecule has 1 aliphatic rings. The van der Waals surface area contributed by atoms with Crippen molar-refractivity contribution >= 4 is 50.8 Å². The number of aromatic amines is 1. The predicted octanol–water partition coefficient (Wildman–Crippen LogP) is 3.97. The van der Waals surface area contributed by atoms with E-state index in [2.05, 4.69) is 15.3 Å². The summed E-state index contributed by atoms with van der Waals surface area (Å²) in [6, 6.07) is 7.59. The first-order valence-electron chi connectivity index (χ1n) is 9.28. The largest absolute Gasteiger partial charge is 0.355 e. The van der Waals surface area contributed by atoms with Gasteiger partial charge < -0.3 is 10.3 Å². The summed E-state index contributed by atoms with van der Waals surface area (Å²) in [4.78, 5) is 34.1. The molecule has 2 N–H and O–H groups in total. The van der Waals surface area contributed by atoms with E-state index < -0.39 is 0 Å². The Bertz CT molecular complexity index is 1060. The third kappa shape index (κ3) is 4.42. The molecule has 0 aliphatic heterocycles. The summed E-state index contributed by atoms with van der Waals surface area (Å²) in [6.45, 7) is 0.557. The molecule has 146 valence electrons. The topological polar surface area (TPSA) is 74.8 Å². The quantitative estimate of drug-likeness (QED) is 0.455. The van der Waals surface area contributed by atoms with E-state index in [4.69, 9.17) is 11.6 Å². The molecule has 0 radical (unpaired) electrons. The lowest BCUT2D eigenvalue weighted by molar-refractivity contribution is -0.118. The fourth-order valence-corrected chi connectivity index (χ4v) is 5.53. The summed E-state index contributed by atoms with van der Waals surface area (Å²) in [5.41, 5.74) is 2.21. The van der Waals surface area contributed by atoms with Gasteiger partial charge >= 0.3 is 0 Å². The van der Waals surface area contributed by atoms with Crippen molar-refractivity contribution in [2.45, 2.75) is 37.3 Å². The average Bonchev–Trinajstić information content (AvgIpc) is 3.07. The average molecular weight is 434 g/mol. The molecule has 0 spiro atoms. The van der Waals surface area contributed by atoms with Gasteiger partial charge in [0.1, 0.15) is 4.83 Å². The van der Waals surface area contributed by atoms with Crippen molar-refractivity contribution in [2.75, 3.05) is 12.3 Å². The predicted molar refractivity (Wildman–Crippen MR) is 116 cm³/mol. The van der Waals surface area contributed by atoms with Crippen LogP contribution in [0.2, 0.25) is 5.02 Å². The number of H-pyrrole nitrogens is 1. The van der Waals surface area contributed by atoms with E-state index in [9.17, 15) is 9.59 Å². The summed E-state index contributed by atoms with van der Waals surface area (Å²) >= 11 is 8.75. The standard InChI is InChI=1S/C20H20ClN3O2S2/c21-13-7-5-12(6-8-13)9-10-22-16(25)11-27-20-23-18(26)17-14-3-1-2-4-15(14)28-19(17)24-20/h5-8H,1-4,9-11H2,(H,22,25)(H,23,24,26). The summed E-state index contributed by atoms with van der Waals surface area (Å²) < 4.78 is 0. The van der Waals surface area contributed by atoms with Crippen LogP contribution in [0.1, 0.15) is 28.8 Å². The third-order valence-electron chi connectivity index (χ3n) is 4.79. The number of aromatic nitrogens is 2. The van der Waals surface area contributed by atoms with Gasteiger partial charge in [-0.15, -0.1) is 11.3 Å². The Kier molecular flexibility index (Phi) is 6.04. The number of amides is 1. The molecule has 0 fully saturated rings. The third-order valence-corrected chi connectivity index (χ3v) is 7.10. The van der Waals surface area contributed by atoms with Gasteiger partial charge in [0.25, 0.3) is 5.56 Å². The Morgan fingerprint density at radius 1 is 1.25 bits per heavy atom. The van der Waals surface area contributed by atoms with Gasteiger partial charge in [-0.3, -0.25) is 9.59 Å². The minimum atomic E-state index is -0.0879. The minimum Gasteiger partial charge on any atom is -0.355 e. The molecule has 1 aliphatic carbocycles. The van der Waals surface area contributed by atoms with Crippen LogP contribution in [0.25, 0.3) is 10.2 Å². The number of fused-ring (bicyclic) bond motifs is 3. The lowest BCUT2D eigenvalue weighted by Crippen LogP contribution is -2.27. The number of aryl methyl sites for hydroxylation is 2. The van der Waals surface area contributed by atoms with Crippen LogP contribution < -0.4 is 10.9 Å². The summed E-state index contributed by atoms with van der Waals surface area (Å²) in [6.07, 6.45) is 5.05. The van der Waals surface area contributed by atoms with E-state index in [1.165, 1.54) is 28.6 Å². The van der Waals surface area contributed by atoms with Crippen LogP contribution in [-0.2, 0) is 24.1 Å². The number of hydrogen-bond donors (Lipinski definition) is 2. The number of benzene rings is 1. The molecule has 1 aromatic carbocycles. The van der Waals surface area contributed by atoms with Crippen LogP contribution >= 0.6 is 34.7 Å². The number of carbonyl (C=O) groups is 1. The highest BCUT2D eigenvalue weighted by atomic mass is 35.5. The first-order valence-corrected chi connectivity index (χ1v) is 11.5. The summed E-state index contributed by atoms with van der Waals surface area (Å²) in [5.74, 6) is 0.146. The molecule has 28 heavy (non-hydrogen) atoms. The first kappa shape index (κ1) is 19.5. The number of nitrogens with one attached hydrogen (secondary N) is 2. The second-order valence-electron chi connectivity index (χ2n) is 6.78. The first-order chi connectivity index (χ1) is 13.6. The van der Waals surface area contributed by atoms with Crippen LogP contribution in [0.4, 0.5) is 0 Å². The van der Waals surface area contributed by atoms with Crippen LogP contribution in [-0.4, -0.2) is 28.2 Å². The highest BCUT2D eigenvalue weighted by Gasteiger charge is 2.20. The van der Waals surface area contributed by atoms with Gasteiger partial charge in [-0.2, -0.15) is 0 Å². The fourth-order valence-electron chi connectivity index (χ4n) is 3.39. The van der Waals surface area contributed by atoms with Crippen molar-refractivity contribution in [2.24, 2.45) is 0 Å². The van der Waals surface area contributed by atoms with E-state index in [1.54, 1.807) is 11.3 Å². The van der Waals surface area contributed by atoms with E-state index in [-0.39, 0.29) is 17.2 Å². The Hall–Kier alpha value is -1.83. The van der Waals surface area contributed by atoms with Gasteiger partial charge in [0.05, 0.1) is 11.1 Å². The van der Waals surface area contributed by atoms with Gasteiger partial charge in [-0.25, -0.2) is 4.98 Å². The zero-order chi connectivity index (χ0) is 19.5. The molecule has 0 bridgehead atoms. The highest BCUT2D eigenvalue weighted by Crippen LogP contribution is 2.34.